The number of aryl methyl sites for hydroxylation is 1. The van der Waals surface area contributed by atoms with Gasteiger partial charge in [-0.2, -0.15) is 0 Å². The third-order valence-corrected chi connectivity index (χ3v) is 5.53. The van der Waals surface area contributed by atoms with Gasteiger partial charge in [-0.25, -0.2) is 0 Å². The Kier molecular flexibility index (Phi) is 5.10. The molecule has 0 saturated carbocycles. The van der Waals surface area contributed by atoms with Gasteiger partial charge in [0.15, 0.2) is 0 Å². The van der Waals surface area contributed by atoms with Crippen LogP contribution in [0.5, 0.6) is 0 Å². The Morgan fingerprint density at radius 1 is 1.22 bits per heavy atom. The fourth-order valence-electron chi connectivity index (χ4n) is 1.86. The maximum absolute atomic E-state index is 6.26. The molecule has 0 aliphatic carbocycles. The van der Waals surface area contributed by atoms with E-state index in [9.17, 15) is 0 Å². The zero-order chi connectivity index (χ0) is 13.1. The van der Waals surface area contributed by atoms with E-state index in [2.05, 4.69) is 31.3 Å². The van der Waals surface area contributed by atoms with Crippen molar-refractivity contribution in [2.75, 3.05) is 6.54 Å². The lowest BCUT2D eigenvalue weighted by atomic mass is 10.1. The summed E-state index contributed by atoms with van der Waals surface area (Å²) >= 11 is 15.6. The van der Waals surface area contributed by atoms with Gasteiger partial charge in [0.1, 0.15) is 0 Å². The van der Waals surface area contributed by atoms with Crippen LogP contribution in [-0.4, -0.2) is 6.54 Å². The van der Waals surface area contributed by atoms with Crippen LogP contribution in [0, 0.1) is 0 Å². The maximum Gasteiger partial charge on any atom is 0.0995 e. The molecule has 0 aliphatic heterocycles. The van der Waals surface area contributed by atoms with E-state index in [-0.39, 0.29) is 6.04 Å². The van der Waals surface area contributed by atoms with Gasteiger partial charge in [-0.05, 0) is 31.2 Å². The Morgan fingerprint density at radius 3 is 2.50 bits per heavy atom. The first-order chi connectivity index (χ1) is 8.65. The summed E-state index contributed by atoms with van der Waals surface area (Å²) in [6.45, 7) is 5.17. The summed E-state index contributed by atoms with van der Waals surface area (Å²) in [5.41, 5.74) is 1.08. The minimum absolute atomic E-state index is 0.150. The van der Waals surface area contributed by atoms with E-state index in [0.29, 0.717) is 0 Å². The summed E-state index contributed by atoms with van der Waals surface area (Å²) in [6.07, 6.45) is 1.07. The van der Waals surface area contributed by atoms with Crippen molar-refractivity contribution in [2.45, 2.75) is 26.3 Å². The summed E-state index contributed by atoms with van der Waals surface area (Å²) in [5.74, 6) is 0. The molecule has 2 heterocycles. The molecule has 0 fully saturated rings. The van der Waals surface area contributed by atoms with E-state index in [1.165, 1.54) is 21.1 Å². The van der Waals surface area contributed by atoms with Crippen LogP contribution < -0.4 is 5.32 Å². The van der Waals surface area contributed by atoms with Gasteiger partial charge >= 0.3 is 0 Å². The molecule has 5 heteroatoms. The summed E-state index contributed by atoms with van der Waals surface area (Å²) in [6, 6.07) is 6.48. The molecule has 0 amide bonds. The molecule has 2 aromatic heterocycles. The molecule has 0 radical (unpaired) electrons. The average Bonchev–Trinajstić information content (AvgIpc) is 2.93. The van der Waals surface area contributed by atoms with Crippen molar-refractivity contribution in [1.82, 2.24) is 5.32 Å². The van der Waals surface area contributed by atoms with Gasteiger partial charge in [-0.3, -0.25) is 0 Å². The minimum Gasteiger partial charge on any atom is -0.306 e. The van der Waals surface area contributed by atoms with Crippen molar-refractivity contribution in [3.8, 4) is 0 Å². The maximum atomic E-state index is 6.26. The van der Waals surface area contributed by atoms with Crippen LogP contribution in [0.25, 0.3) is 0 Å². The quantitative estimate of drug-likeness (QED) is 0.780. The van der Waals surface area contributed by atoms with Crippen molar-refractivity contribution >= 4 is 45.9 Å². The molecule has 0 aliphatic rings. The van der Waals surface area contributed by atoms with Crippen molar-refractivity contribution in [3.05, 3.63) is 42.2 Å². The first-order valence-corrected chi connectivity index (χ1v) is 8.31. The standard InChI is InChI=1S/C13H15Cl2NS2/c1-3-8-5-6-10(17-8)12(16-4-2)9-7-11(14)18-13(9)15/h5-7,12,16H,3-4H2,1-2H3. The first kappa shape index (κ1) is 14.4. The van der Waals surface area contributed by atoms with Gasteiger partial charge in [0, 0.05) is 15.3 Å². The smallest absolute Gasteiger partial charge is 0.0995 e. The highest BCUT2D eigenvalue weighted by Crippen LogP contribution is 2.39. The van der Waals surface area contributed by atoms with E-state index in [4.69, 9.17) is 23.2 Å². The zero-order valence-electron chi connectivity index (χ0n) is 10.3. The topological polar surface area (TPSA) is 12.0 Å². The van der Waals surface area contributed by atoms with E-state index in [0.717, 1.165) is 27.2 Å². The second-order valence-electron chi connectivity index (χ2n) is 3.93. The largest absolute Gasteiger partial charge is 0.306 e. The first-order valence-electron chi connectivity index (χ1n) is 5.92. The van der Waals surface area contributed by atoms with E-state index < -0.39 is 0 Å². The van der Waals surface area contributed by atoms with Crippen LogP contribution in [0.15, 0.2) is 18.2 Å². The highest BCUT2D eigenvalue weighted by Gasteiger charge is 2.20. The predicted molar refractivity (Wildman–Crippen MR) is 83.6 cm³/mol. The van der Waals surface area contributed by atoms with Crippen LogP contribution in [0.2, 0.25) is 8.67 Å². The van der Waals surface area contributed by atoms with Crippen LogP contribution in [0.1, 0.15) is 35.2 Å². The summed E-state index contributed by atoms with van der Waals surface area (Å²) < 4.78 is 1.52. The Balaban J connectivity index is 2.36. The van der Waals surface area contributed by atoms with Gasteiger partial charge < -0.3 is 5.32 Å². The number of rotatable bonds is 5. The molecule has 1 unspecified atom stereocenters. The molecule has 0 saturated heterocycles. The molecule has 0 spiro atoms. The van der Waals surface area contributed by atoms with E-state index in [1.54, 1.807) is 0 Å². The summed E-state index contributed by atoms with van der Waals surface area (Å²) in [4.78, 5) is 2.69. The van der Waals surface area contributed by atoms with Crippen LogP contribution in [-0.2, 0) is 6.42 Å². The number of hydrogen-bond acceptors (Lipinski definition) is 3. The lowest BCUT2D eigenvalue weighted by molar-refractivity contribution is 0.641. The highest BCUT2D eigenvalue weighted by molar-refractivity contribution is 7.20. The van der Waals surface area contributed by atoms with Crippen molar-refractivity contribution in [3.63, 3.8) is 0 Å². The molecular weight excluding hydrogens is 305 g/mol. The average molecular weight is 320 g/mol. The Morgan fingerprint density at radius 2 is 2.00 bits per heavy atom. The lowest BCUT2D eigenvalue weighted by Crippen LogP contribution is -2.20. The third kappa shape index (κ3) is 3.09. The minimum atomic E-state index is 0.150. The van der Waals surface area contributed by atoms with Gasteiger partial charge in [0.05, 0.1) is 14.7 Å². The second-order valence-corrected chi connectivity index (χ2v) is 7.41. The zero-order valence-corrected chi connectivity index (χ0v) is 13.4. The summed E-state index contributed by atoms with van der Waals surface area (Å²) in [7, 11) is 0. The Labute approximate surface area is 126 Å². The second kappa shape index (κ2) is 6.40. The van der Waals surface area contributed by atoms with E-state index >= 15 is 0 Å². The van der Waals surface area contributed by atoms with Crippen molar-refractivity contribution < 1.29 is 0 Å². The fraction of sp³-hybridized carbons (Fsp3) is 0.385. The van der Waals surface area contributed by atoms with Gasteiger partial charge in [0.25, 0.3) is 0 Å². The van der Waals surface area contributed by atoms with Crippen LogP contribution >= 0.6 is 45.9 Å². The molecule has 2 rings (SSSR count). The molecular formula is C13H15Cl2NS2. The number of thiophene rings is 2. The Hall–Kier alpha value is -0.0600. The Bertz CT molecular complexity index is 519. The number of nitrogens with one attached hydrogen (secondary N) is 1. The molecule has 1 N–H and O–H groups in total. The molecule has 98 valence electrons. The molecule has 18 heavy (non-hydrogen) atoms. The fourth-order valence-corrected chi connectivity index (χ4v) is 4.44. The molecule has 1 atom stereocenters. The van der Waals surface area contributed by atoms with E-state index in [1.807, 2.05) is 17.4 Å². The summed E-state index contributed by atoms with van der Waals surface area (Å²) in [5, 5.41) is 3.48. The van der Waals surface area contributed by atoms with Crippen LogP contribution in [0.4, 0.5) is 0 Å². The normalized spacial score (nSPS) is 12.9. The van der Waals surface area contributed by atoms with Crippen LogP contribution in [0.3, 0.4) is 0 Å². The number of hydrogen-bond donors (Lipinski definition) is 1. The monoisotopic (exact) mass is 319 g/mol. The third-order valence-electron chi connectivity index (χ3n) is 2.72. The molecule has 0 bridgehead atoms. The molecule has 1 nitrogen and oxygen atoms in total. The predicted octanol–water partition coefficient (Wildman–Crippen LogP) is 5.38. The SMILES string of the molecule is CCNC(c1ccc(CC)s1)c1cc(Cl)sc1Cl. The van der Waals surface area contributed by atoms with Crippen molar-refractivity contribution in [1.29, 1.82) is 0 Å². The highest BCUT2D eigenvalue weighted by atomic mass is 35.5. The van der Waals surface area contributed by atoms with Gasteiger partial charge in [-0.15, -0.1) is 22.7 Å². The molecule has 0 aromatic carbocycles. The number of halogens is 2. The lowest BCUT2D eigenvalue weighted by Gasteiger charge is -2.15. The van der Waals surface area contributed by atoms with Gasteiger partial charge in [-0.1, -0.05) is 37.0 Å². The molecule has 2 aromatic rings. The van der Waals surface area contributed by atoms with Crippen molar-refractivity contribution in [2.24, 2.45) is 0 Å². The van der Waals surface area contributed by atoms with Gasteiger partial charge in [0.2, 0.25) is 0 Å².